The van der Waals surface area contributed by atoms with Crippen LogP contribution in [0.4, 0.5) is 9.18 Å². The van der Waals surface area contributed by atoms with Crippen LogP contribution in [-0.4, -0.2) is 42.5 Å². The Morgan fingerprint density at radius 1 is 1.22 bits per heavy atom. The van der Waals surface area contributed by atoms with Crippen molar-refractivity contribution in [3.63, 3.8) is 0 Å². The predicted molar refractivity (Wildman–Crippen MR) is 101 cm³/mol. The number of nitrogens with zero attached hydrogens (tertiary/aromatic N) is 1. The Balaban J connectivity index is 0.000000313. The van der Waals surface area contributed by atoms with E-state index in [1.807, 2.05) is 31.2 Å². The smallest absolute Gasteiger partial charge is 0.410 e. The van der Waals surface area contributed by atoms with Crippen LogP contribution in [0.2, 0.25) is 0 Å². The van der Waals surface area contributed by atoms with Crippen LogP contribution in [0.5, 0.6) is 5.75 Å². The average molecular weight is 375 g/mol. The van der Waals surface area contributed by atoms with E-state index in [0.717, 1.165) is 17.7 Å². The number of cyclic esters (lactones) is 1. The SMILES string of the molecule is COc1ccc(C(C)N2CCC(CCO)OC2=O)cc1.Fc1ccccc1. The standard InChI is InChI=1S/C15H21NO4.C6H5F/c1-11(12-3-5-13(19-2)6-4-12)16-9-7-14(8-10-17)20-15(16)18;7-6-4-2-1-3-5-6/h3-6,11,14,17H,7-10H2,1-2H3;1-5H. The lowest BCUT2D eigenvalue weighted by Crippen LogP contribution is -2.43. The maximum absolute atomic E-state index is 12.0. The molecule has 1 N–H and O–H groups in total. The highest BCUT2D eigenvalue weighted by Gasteiger charge is 2.30. The van der Waals surface area contributed by atoms with Crippen LogP contribution in [0.3, 0.4) is 0 Å². The van der Waals surface area contributed by atoms with Gasteiger partial charge in [0, 0.05) is 26.0 Å². The summed E-state index contributed by atoms with van der Waals surface area (Å²) in [6, 6.07) is 15.6. The second-order valence-corrected chi connectivity index (χ2v) is 6.24. The maximum Gasteiger partial charge on any atom is 0.410 e. The molecule has 1 heterocycles. The normalized spacial score (nSPS) is 17.4. The van der Waals surface area contributed by atoms with E-state index < -0.39 is 0 Å². The van der Waals surface area contributed by atoms with Crippen molar-refractivity contribution in [1.29, 1.82) is 0 Å². The molecule has 1 aliphatic heterocycles. The summed E-state index contributed by atoms with van der Waals surface area (Å²) in [5.74, 6) is 0.618. The van der Waals surface area contributed by atoms with Gasteiger partial charge in [-0.15, -0.1) is 0 Å². The first-order chi connectivity index (χ1) is 13.0. The van der Waals surface area contributed by atoms with Crippen LogP contribution < -0.4 is 4.74 Å². The fraction of sp³-hybridized carbons (Fsp3) is 0.381. The number of hydrogen-bond donors (Lipinski definition) is 1. The van der Waals surface area contributed by atoms with Gasteiger partial charge < -0.3 is 19.5 Å². The van der Waals surface area contributed by atoms with Gasteiger partial charge in [0.05, 0.1) is 13.2 Å². The molecule has 1 fully saturated rings. The second-order valence-electron chi connectivity index (χ2n) is 6.24. The Morgan fingerprint density at radius 3 is 2.37 bits per heavy atom. The summed E-state index contributed by atoms with van der Waals surface area (Å²) < 4.78 is 22.4. The molecule has 6 heteroatoms. The monoisotopic (exact) mass is 375 g/mol. The molecule has 3 rings (SSSR count). The minimum atomic E-state index is -0.307. The molecule has 2 atom stereocenters. The molecule has 27 heavy (non-hydrogen) atoms. The molecule has 0 bridgehead atoms. The van der Waals surface area contributed by atoms with Gasteiger partial charge in [0.25, 0.3) is 0 Å². The van der Waals surface area contributed by atoms with Crippen LogP contribution in [0.15, 0.2) is 54.6 Å². The van der Waals surface area contributed by atoms with Gasteiger partial charge in [0.1, 0.15) is 17.7 Å². The van der Waals surface area contributed by atoms with E-state index in [9.17, 15) is 9.18 Å². The molecule has 1 aliphatic rings. The number of ether oxygens (including phenoxy) is 2. The van der Waals surface area contributed by atoms with Gasteiger partial charge in [-0.25, -0.2) is 9.18 Å². The molecule has 1 amide bonds. The molecule has 2 aromatic carbocycles. The molecule has 146 valence electrons. The number of methoxy groups -OCH3 is 1. The van der Waals surface area contributed by atoms with E-state index in [1.54, 1.807) is 30.2 Å². The fourth-order valence-corrected chi connectivity index (χ4v) is 2.82. The summed E-state index contributed by atoms with van der Waals surface area (Å²) in [6.07, 6.45) is 0.799. The zero-order chi connectivity index (χ0) is 19.6. The van der Waals surface area contributed by atoms with Crippen molar-refractivity contribution in [1.82, 2.24) is 4.90 Å². The topological polar surface area (TPSA) is 59.0 Å². The quantitative estimate of drug-likeness (QED) is 0.852. The summed E-state index contributed by atoms with van der Waals surface area (Å²) in [5, 5.41) is 8.89. The number of benzene rings is 2. The van der Waals surface area contributed by atoms with Crippen LogP contribution in [0.1, 0.15) is 31.4 Å². The Bertz CT molecular complexity index is 693. The number of carbonyl (C=O) groups is 1. The lowest BCUT2D eigenvalue weighted by molar-refractivity contribution is 0.00400. The van der Waals surface area contributed by atoms with Gasteiger partial charge in [0.2, 0.25) is 0 Å². The third-order valence-corrected chi connectivity index (χ3v) is 4.44. The van der Waals surface area contributed by atoms with Crippen molar-refractivity contribution in [2.75, 3.05) is 20.3 Å². The first kappa shape index (κ1) is 20.7. The van der Waals surface area contributed by atoms with E-state index in [1.165, 1.54) is 12.1 Å². The Hall–Kier alpha value is -2.60. The summed E-state index contributed by atoms with van der Waals surface area (Å²) >= 11 is 0. The van der Waals surface area contributed by atoms with Crippen molar-refractivity contribution in [3.05, 3.63) is 66.0 Å². The van der Waals surface area contributed by atoms with Crippen molar-refractivity contribution < 1.29 is 23.8 Å². The summed E-state index contributed by atoms with van der Waals surface area (Å²) in [5.41, 5.74) is 1.04. The van der Waals surface area contributed by atoms with Gasteiger partial charge in [0.15, 0.2) is 0 Å². The van der Waals surface area contributed by atoms with Crippen molar-refractivity contribution >= 4 is 6.09 Å². The zero-order valence-electron chi connectivity index (χ0n) is 15.7. The number of hydrogen-bond acceptors (Lipinski definition) is 4. The predicted octanol–water partition coefficient (Wildman–Crippen LogP) is 4.18. The molecule has 0 radical (unpaired) electrons. The number of carbonyl (C=O) groups excluding carboxylic acids is 1. The molecule has 0 saturated carbocycles. The largest absolute Gasteiger partial charge is 0.497 e. The molecule has 0 spiro atoms. The highest BCUT2D eigenvalue weighted by molar-refractivity contribution is 5.69. The van der Waals surface area contributed by atoms with E-state index >= 15 is 0 Å². The van der Waals surface area contributed by atoms with Gasteiger partial charge in [-0.1, -0.05) is 30.3 Å². The first-order valence-corrected chi connectivity index (χ1v) is 8.97. The molecule has 0 aromatic heterocycles. The van der Waals surface area contributed by atoms with Crippen LogP contribution in [0.25, 0.3) is 0 Å². The summed E-state index contributed by atoms with van der Waals surface area (Å²) in [4.78, 5) is 13.7. The third kappa shape index (κ3) is 6.25. The number of amides is 1. The maximum atomic E-state index is 12.0. The Labute approximate surface area is 159 Å². The van der Waals surface area contributed by atoms with Crippen molar-refractivity contribution in [2.24, 2.45) is 0 Å². The van der Waals surface area contributed by atoms with Crippen LogP contribution >= 0.6 is 0 Å². The first-order valence-electron chi connectivity index (χ1n) is 8.97. The summed E-state index contributed by atoms with van der Waals surface area (Å²) in [6.45, 7) is 2.68. The molecule has 0 aliphatic carbocycles. The molecule has 5 nitrogen and oxygen atoms in total. The van der Waals surface area contributed by atoms with Gasteiger partial charge in [-0.05, 0) is 36.8 Å². The summed E-state index contributed by atoms with van der Waals surface area (Å²) in [7, 11) is 1.63. The average Bonchev–Trinajstić information content (AvgIpc) is 2.69. The Morgan fingerprint density at radius 2 is 1.89 bits per heavy atom. The minimum absolute atomic E-state index is 0.0384. The van der Waals surface area contributed by atoms with Crippen molar-refractivity contribution in [3.8, 4) is 5.75 Å². The van der Waals surface area contributed by atoms with Crippen molar-refractivity contribution in [2.45, 2.75) is 31.9 Å². The lowest BCUT2D eigenvalue weighted by Gasteiger charge is -2.35. The van der Waals surface area contributed by atoms with Gasteiger partial charge in [-0.2, -0.15) is 0 Å². The van der Waals surface area contributed by atoms with E-state index in [2.05, 4.69) is 0 Å². The minimum Gasteiger partial charge on any atom is -0.497 e. The highest BCUT2D eigenvalue weighted by Crippen LogP contribution is 2.27. The van der Waals surface area contributed by atoms with Gasteiger partial charge >= 0.3 is 6.09 Å². The number of rotatable bonds is 5. The van der Waals surface area contributed by atoms with E-state index in [0.29, 0.717) is 13.0 Å². The second kappa shape index (κ2) is 10.5. The van der Waals surface area contributed by atoms with E-state index in [-0.39, 0.29) is 30.7 Å². The third-order valence-electron chi connectivity index (χ3n) is 4.44. The fourth-order valence-electron chi connectivity index (χ4n) is 2.82. The number of aliphatic hydroxyl groups excluding tert-OH is 1. The molecule has 2 aromatic rings. The molecule has 2 unspecified atom stereocenters. The molecular formula is C21H26FNO4. The van der Waals surface area contributed by atoms with Crippen LogP contribution in [0, 0.1) is 5.82 Å². The van der Waals surface area contributed by atoms with Gasteiger partial charge in [-0.3, -0.25) is 0 Å². The number of aliphatic hydroxyl groups is 1. The zero-order valence-corrected chi connectivity index (χ0v) is 15.7. The molecule has 1 saturated heterocycles. The van der Waals surface area contributed by atoms with Crippen LogP contribution in [-0.2, 0) is 4.74 Å². The number of halogens is 1. The lowest BCUT2D eigenvalue weighted by atomic mass is 10.1. The highest BCUT2D eigenvalue weighted by atomic mass is 19.1. The Kier molecular flexibility index (Phi) is 8.07. The van der Waals surface area contributed by atoms with E-state index in [4.69, 9.17) is 14.6 Å². The molecular weight excluding hydrogens is 349 g/mol.